The van der Waals surface area contributed by atoms with E-state index >= 15 is 0 Å². The van der Waals surface area contributed by atoms with Crippen LogP contribution in [0.3, 0.4) is 0 Å². The van der Waals surface area contributed by atoms with Crippen molar-refractivity contribution in [2.45, 2.75) is 193 Å². The van der Waals surface area contributed by atoms with Crippen LogP contribution in [0.5, 0.6) is 0 Å². The summed E-state index contributed by atoms with van der Waals surface area (Å²) in [5.74, 6) is -2.27. The molecule has 0 heterocycles. The van der Waals surface area contributed by atoms with Crippen LogP contribution in [-0.2, 0) is 14.4 Å². The van der Waals surface area contributed by atoms with E-state index in [1.165, 1.54) is 89.9 Å². The second kappa shape index (κ2) is 46.3. The summed E-state index contributed by atoms with van der Waals surface area (Å²) >= 11 is 0. The smallest absolute Gasteiger partial charge is 0.320 e. The molecule has 1 atom stereocenters. The third-order valence-electron chi connectivity index (χ3n) is 7.97. The molecule has 0 aromatic heterocycles. The van der Waals surface area contributed by atoms with Crippen LogP contribution in [0.25, 0.3) is 0 Å². The summed E-state index contributed by atoms with van der Waals surface area (Å²) in [6, 6.07) is -0.716. The number of carbonyl (C=O) groups is 3. The first kappa shape index (κ1) is 51.7. The Morgan fingerprint density at radius 1 is 0.480 bits per heavy atom. The van der Waals surface area contributed by atoms with E-state index in [2.05, 4.69) is 62.5 Å². The van der Waals surface area contributed by atoms with Gasteiger partial charge in [-0.3, -0.25) is 14.4 Å². The number of rotatable bonds is 33. The maximum atomic E-state index is 10.3. The predicted molar refractivity (Wildman–Crippen MR) is 213 cm³/mol. The van der Waals surface area contributed by atoms with Crippen LogP contribution >= 0.6 is 0 Å². The molecule has 0 bridgehead atoms. The van der Waals surface area contributed by atoms with E-state index in [0.717, 1.165) is 64.2 Å². The van der Waals surface area contributed by atoms with E-state index in [1.807, 2.05) is 0 Å². The second-order valence-corrected chi connectivity index (χ2v) is 13.0. The lowest BCUT2D eigenvalue weighted by molar-refractivity contribution is -0.139. The molecule has 292 valence electrons. The van der Waals surface area contributed by atoms with E-state index in [4.69, 9.17) is 26.8 Å². The van der Waals surface area contributed by atoms with Gasteiger partial charge >= 0.3 is 17.9 Å². The number of nitrogens with two attached hydrogens (primary N) is 2. The van der Waals surface area contributed by atoms with Crippen molar-refractivity contribution in [1.29, 1.82) is 0 Å². The van der Waals surface area contributed by atoms with Gasteiger partial charge in [0, 0.05) is 12.8 Å². The molecule has 0 spiro atoms. The van der Waals surface area contributed by atoms with Gasteiger partial charge < -0.3 is 26.8 Å². The molecule has 0 aliphatic rings. The first-order valence-electron chi connectivity index (χ1n) is 19.9. The van der Waals surface area contributed by atoms with Gasteiger partial charge in [-0.15, -0.1) is 0 Å². The van der Waals surface area contributed by atoms with Crippen LogP contribution in [0.4, 0.5) is 0 Å². The van der Waals surface area contributed by atoms with Crippen molar-refractivity contribution in [3.8, 4) is 0 Å². The molecule has 0 amide bonds. The zero-order valence-corrected chi connectivity index (χ0v) is 32.2. The Hall–Kier alpha value is -2.71. The molecule has 0 fully saturated rings. The van der Waals surface area contributed by atoms with E-state index in [-0.39, 0.29) is 0 Å². The minimum absolute atomic E-state index is 0.324. The summed E-state index contributed by atoms with van der Waals surface area (Å²) in [4.78, 5) is 30.8. The first-order valence-corrected chi connectivity index (χ1v) is 19.9. The van der Waals surface area contributed by atoms with Gasteiger partial charge in [0.2, 0.25) is 0 Å². The third-order valence-corrected chi connectivity index (χ3v) is 7.97. The fraction of sp³-hybridized carbons (Fsp3) is 0.738. The number of unbranched alkanes of at least 4 members (excludes halogenated alkanes) is 17. The lowest BCUT2D eigenvalue weighted by Crippen LogP contribution is -2.29. The van der Waals surface area contributed by atoms with Crippen molar-refractivity contribution < 1.29 is 29.7 Å². The Morgan fingerprint density at radius 3 is 1.14 bits per heavy atom. The van der Waals surface area contributed by atoms with Gasteiger partial charge in [0.25, 0.3) is 0 Å². The molecule has 50 heavy (non-hydrogen) atoms. The van der Waals surface area contributed by atoms with E-state index < -0.39 is 23.9 Å². The maximum absolute atomic E-state index is 10.3. The Bertz CT molecular complexity index is 797. The van der Waals surface area contributed by atoms with E-state index in [1.54, 1.807) is 0 Å². The highest BCUT2D eigenvalue weighted by atomic mass is 16.4. The Kier molecular flexibility index (Phi) is 47.8. The van der Waals surface area contributed by atoms with Crippen LogP contribution in [-0.4, -0.2) is 45.8 Å². The molecule has 0 aliphatic carbocycles. The standard InChI is InChI=1S/2C18H32O2.C6H14N2O2/c2*1-2-3-4-5-6-7-8-9-10-11-12-13-14-15-16-17-18(19)20;7-4-2-1-3-5(8)6(9)10/h2*6-7,9-10H,2-5,8,11-17H2,1H3,(H,19,20);5H,1-4,7-8H2,(H,9,10)/b2*7-6-,10-9-;. The molecule has 1 unspecified atom stereocenters. The third kappa shape index (κ3) is 54.7. The number of carboxylic acids is 3. The normalized spacial score (nSPS) is 11.9. The molecule has 0 saturated carbocycles. The second-order valence-electron chi connectivity index (χ2n) is 13.0. The lowest BCUT2D eigenvalue weighted by atomic mass is 10.1. The molecular weight excluding hydrogens is 628 g/mol. The number of hydrogen-bond acceptors (Lipinski definition) is 5. The van der Waals surface area contributed by atoms with Gasteiger partial charge in [-0.1, -0.05) is 133 Å². The summed E-state index contributed by atoms with van der Waals surface area (Å²) in [5.41, 5.74) is 10.4. The molecule has 8 heteroatoms. The van der Waals surface area contributed by atoms with Crippen LogP contribution in [0.1, 0.15) is 187 Å². The number of aliphatic carboxylic acids is 3. The van der Waals surface area contributed by atoms with Gasteiger partial charge in [0.05, 0.1) is 0 Å². The van der Waals surface area contributed by atoms with Crippen molar-refractivity contribution in [2.75, 3.05) is 6.54 Å². The Labute approximate surface area is 307 Å². The highest BCUT2D eigenvalue weighted by Gasteiger charge is 2.09. The molecule has 0 saturated heterocycles. The van der Waals surface area contributed by atoms with Gasteiger partial charge in [-0.2, -0.15) is 0 Å². The van der Waals surface area contributed by atoms with Crippen LogP contribution < -0.4 is 11.5 Å². The molecule has 0 aliphatic heterocycles. The van der Waals surface area contributed by atoms with Crippen LogP contribution in [0, 0.1) is 0 Å². The molecule has 8 nitrogen and oxygen atoms in total. The molecule has 7 N–H and O–H groups in total. The largest absolute Gasteiger partial charge is 0.481 e. The molecular formula is C42H78N2O6. The fourth-order valence-corrected chi connectivity index (χ4v) is 4.81. The zero-order valence-electron chi connectivity index (χ0n) is 32.2. The van der Waals surface area contributed by atoms with Gasteiger partial charge in [0.15, 0.2) is 0 Å². The highest BCUT2D eigenvalue weighted by Crippen LogP contribution is 2.09. The fourth-order valence-electron chi connectivity index (χ4n) is 4.81. The van der Waals surface area contributed by atoms with Gasteiger partial charge in [-0.05, 0) is 96.4 Å². The van der Waals surface area contributed by atoms with Gasteiger partial charge in [0.1, 0.15) is 6.04 Å². The van der Waals surface area contributed by atoms with Gasteiger partial charge in [-0.25, -0.2) is 0 Å². The average molecular weight is 707 g/mol. The van der Waals surface area contributed by atoms with Crippen molar-refractivity contribution in [1.82, 2.24) is 0 Å². The zero-order chi connectivity index (χ0) is 37.8. The Morgan fingerprint density at radius 2 is 0.820 bits per heavy atom. The van der Waals surface area contributed by atoms with Crippen LogP contribution in [0.15, 0.2) is 48.6 Å². The van der Waals surface area contributed by atoms with Crippen molar-refractivity contribution in [3.63, 3.8) is 0 Å². The monoisotopic (exact) mass is 707 g/mol. The predicted octanol–water partition coefficient (Wildman–Crippen LogP) is 11.3. The molecule has 0 aromatic rings. The minimum Gasteiger partial charge on any atom is -0.481 e. The Balaban J connectivity index is -0.000000701. The maximum Gasteiger partial charge on any atom is 0.320 e. The van der Waals surface area contributed by atoms with Crippen LogP contribution in [0.2, 0.25) is 0 Å². The highest BCUT2D eigenvalue weighted by molar-refractivity contribution is 5.72. The summed E-state index contributed by atoms with van der Waals surface area (Å²) < 4.78 is 0. The summed E-state index contributed by atoms with van der Waals surface area (Å²) in [6.07, 6.45) is 46.7. The lowest BCUT2D eigenvalue weighted by Gasteiger charge is -2.03. The van der Waals surface area contributed by atoms with Crippen molar-refractivity contribution in [2.24, 2.45) is 11.5 Å². The molecule has 0 radical (unpaired) electrons. The average Bonchev–Trinajstić information content (AvgIpc) is 3.08. The first-order chi connectivity index (χ1) is 24.2. The van der Waals surface area contributed by atoms with E-state index in [0.29, 0.717) is 25.8 Å². The van der Waals surface area contributed by atoms with Crippen molar-refractivity contribution in [3.05, 3.63) is 48.6 Å². The topological polar surface area (TPSA) is 164 Å². The number of carboxylic acid groups (broad SMARTS) is 3. The quantitative estimate of drug-likeness (QED) is 0.0332. The number of hydrogen-bond donors (Lipinski definition) is 5. The summed E-state index contributed by atoms with van der Waals surface area (Å²) in [6.45, 7) is 5.07. The van der Waals surface area contributed by atoms with Crippen molar-refractivity contribution >= 4 is 17.9 Å². The summed E-state index contributed by atoms with van der Waals surface area (Å²) in [7, 11) is 0. The minimum atomic E-state index is -0.933. The summed E-state index contributed by atoms with van der Waals surface area (Å²) in [5, 5.41) is 25.3. The number of allylic oxidation sites excluding steroid dienone is 8. The molecule has 0 aromatic carbocycles. The SMILES string of the molecule is CCCCC/C=C\C/C=C\CCCCCCCC(=O)O.CCCCC/C=C\C/C=C\CCCCCCCC(=O)O.NCCCCC(N)C(=O)O. The van der Waals surface area contributed by atoms with E-state index in [9.17, 15) is 14.4 Å². The molecule has 0 rings (SSSR count).